The van der Waals surface area contributed by atoms with Gasteiger partial charge in [0.05, 0.1) is 0 Å². The third-order valence-corrected chi connectivity index (χ3v) is 15.8. The Morgan fingerprint density at radius 3 is 0.893 bits per heavy atom. The van der Waals surface area contributed by atoms with Gasteiger partial charge in [-0.25, -0.2) is 0 Å². The van der Waals surface area contributed by atoms with Gasteiger partial charge in [-0.1, -0.05) is 98.9 Å². The molecule has 0 amide bonds. The van der Waals surface area contributed by atoms with Gasteiger partial charge in [0.25, 0.3) is 0 Å². The molecule has 5 heteroatoms. The molecule has 0 aliphatic heterocycles. The molecule has 0 aliphatic carbocycles. The van der Waals surface area contributed by atoms with Crippen molar-refractivity contribution in [3.05, 3.63) is 5.70 Å². The van der Waals surface area contributed by atoms with Crippen LogP contribution in [0, 0.1) is 0 Å². The Morgan fingerprint density at radius 2 is 0.857 bits per heavy atom. The normalized spacial score (nSPS) is 13.3. The summed E-state index contributed by atoms with van der Waals surface area (Å²) in [5.41, 5.74) is 2.29. The third kappa shape index (κ3) is 21.3. The van der Waals surface area contributed by atoms with E-state index in [9.17, 15) is 0 Å². The Bertz CT molecular complexity index is 419. The van der Waals surface area contributed by atoms with E-state index in [1.54, 1.807) is 0 Å². The maximum atomic E-state index is 3.30. The zero-order valence-electron chi connectivity index (χ0n) is 22.2. The molecule has 0 fully saturated rings. The molecule has 0 aliphatic rings. The van der Waals surface area contributed by atoms with Gasteiger partial charge in [0.15, 0.2) is 0 Å². The number of rotatable bonds is 1. The van der Waals surface area contributed by atoms with Crippen LogP contribution in [0.1, 0.15) is 83.1 Å². The maximum absolute atomic E-state index is 3.30. The van der Waals surface area contributed by atoms with Gasteiger partial charge in [0.1, 0.15) is 0 Å². The molecule has 0 saturated carbocycles. The van der Waals surface area contributed by atoms with Crippen LogP contribution >= 0.6 is 35.6 Å². The first-order valence-corrected chi connectivity index (χ1v) is 23.4. The van der Waals surface area contributed by atoms with Crippen LogP contribution in [0.3, 0.4) is 0 Å². The number of hydrogen-bond donors (Lipinski definition) is 0. The molecule has 0 unspecified atom stereocenters. The van der Waals surface area contributed by atoms with E-state index < -0.39 is 8.07 Å². The summed E-state index contributed by atoms with van der Waals surface area (Å²) in [6, 6.07) is 0. The van der Waals surface area contributed by atoms with Crippen molar-refractivity contribution in [2.45, 2.75) is 123 Å². The van der Waals surface area contributed by atoms with Gasteiger partial charge in [0.2, 0.25) is 0 Å². The monoisotopic (exact) mass is 647 g/mol. The van der Waals surface area contributed by atoms with Gasteiger partial charge in [-0.15, -0.1) is 0 Å². The van der Waals surface area contributed by atoms with E-state index in [1.165, 1.54) is 0 Å². The fraction of sp³-hybridized carbons (Fsp3) is 0.913. The van der Waals surface area contributed by atoms with E-state index in [0.29, 0.717) is 33.8 Å². The van der Waals surface area contributed by atoms with Crippen molar-refractivity contribution in [1.29, 1.82) is 0 Å². The molecular weight excluding hydrogens is 594 g/mol. The molecule has 0 spiro atoms. The summed E-state index contributed by atoms with van der Waals surface area (Å²) in [5.74, 6) is 0. The molecule has 0 saturated heterocycles. The minimum absolute atomic E-state index is 0.137. The van der Waals surface area contributed by atoms with E-state index in [2.05, 4.69) is 146 Å². The topological polar surface area (TPSA) is 0 Å². The Kier molecular flexibility index (Phi) is 16.8. The van der Waals surface area contributed by atoms with Crippen molar-refractivity contribution in [3.63, 3.8) is 0 Å². The van der Waals surface area contributed by atoms with Crippen molar-refractivity contribution in [2.75, 3.05) is 13.3 Å². The van der Waals surface area contributed by atoms with E-state index in [4.69, 9.17) is 0 Å². The van der Waals surface area contributed by atoms with Gasteiger partial charge in [0, 0.05) is 0 Å². The van der Waals surface area contributed by atoms with E-state index >= 15 is 0 Å². The molecule has 173 valence electrons. The standard InChI is InChI=1S/2C9H21P.C5H10Si.HI.Ru/c2*1-8(2,3)10(7)9(4,5)6;1-5-6(2,3)4;;/h2*1-7H3;5H,2-4H3;1H;/q;;;;+1/p-1. The Balaban J connectivity index is -0.000000337. The van der Waals surface area contributed by atoms with Crippen molar-refractivity contribution >= 4 is 47.9 Å². The molecular formula is C23H52IP2RuSi. The molecule has 0 rings (SSSR count). The number of hydrogen-bond acceptors (Lipinski definition) is 0. The molecule has 0 aromatic carbocycles. The van der Waals surface area contributed by atoms with Gasteiger partial charge in [-0.05, 0) is 34.0 Å². The molecule has 0 nitrogen and oxygen atoms in total. The van der Waals surface area contributed by atoms with Crippen LogP contribution in [0.25, 0.3) is 0 Å². The summed E-state index contributed by atoms with van der Waals surface area (Å²) in [6.45, 7) is 39.8. The Labute approximate surface area is 202 Å². The second-order valence-corrected chi connectivity index (χ2v) is 28.2. The third-order valence-electron chi connectivity index (χ3n) is 4.55. The zero-order chi connectivity index (χ0) is 23.8. The Hall–Kier alpha value is 2.08. The van der Waals surface area contributed by atoms with Gasteiger partial charge in [-0.2, -0.15) is 0 Å². The molecule has 0 aromatic heterocycles. The van der Waals surface area contributed by atoms with Gasteiger partial charge >= 0.3 is 70.6 Å². The summed E-state index contributed by atoms with van der Waals surface area (Å²) in [7, 11) is -0.622. The molecule has 0 bridgehead atoms. The summed E-state index contributed by atoms with van der Waals surface area (Å²) in [5, 5.41) is 2.03. The van der Waals surface area contributed by atoms with Crippen LogP contribution in [-0.2, 0) is 13.2 Å². The average molecular weight is 647 g/mol. The van der Waals surface area contributed by atoms with Crippen LogP contribution in [0.2, 0.25) is 19.6 Å². The SMILES string of the molecule is CP(C(C)(C)C)C(C)(C)C.CP(C(C)(C)C)C(C)(C)C.C[Si](C)(C)C=[C]=[Ru][I]. The summed E-state index contributed by atoms with van der Waals surface area (Å²) >= 11 is 2.78. The predicted molar refractivity (Wildman–Crippen MR) is 152 cm³/mol. The van der Waals surface area contributed by atoms with Gasteiger partial charge in [-0.3, -0.25) is 0 Å². The summed E-state index contributed by atoms with van der Waals surface area (Å²) in [4.78, 5) is 0. The van der Waals surface area contributed by atoms with E-state index in [1.807, 2.05) is 0 Å². The van der Waals surface area contributed by atoms with Crippen LogP contribution < -0.4 is 0 Å². The minimum atomic E-state index is -0.897. The van der Waals surface area contributed by atoms with Crippen LogP contribution in [-0.4, -0.2) is 46.3 Å². The summed E-state index contributed by atoms with van der Waals surface area (Å²) < 4.78 is 3.30. The first-order chi connectivity index (χ1) is 11.9. The van der Waals surface area contributed by atoms with E-state index in [-0.39, 0.29) is 15.8 Å². The van der Waals surface area contributed by atoms with Crippen molar-refractivity contribution in [3.8, 4) is 0 Å². The fourth-order valence-corrected chi connectivity index (χ4v) is 11.1. The average Bonchev–Trinajstić information content (AvgIpc) is 2.40. The predicted octanol–water partition coefficient (Wildman–Crippen LogP) is 9.64. The second kappa shape index (κ2) is 13.6. The molecule has 0 radical (unpaired) electrons. The second-order valence-electron chi connectivity index (χ2n) is 12.5. The van der Waals surface area contributed by atoms with Crippen LogP contribution in [0.4, 0.5) is 0 Å². The number of halogens is 1. The first-order valence-electron chi connectivity index (χ1n) is 10.2. The molecule has 0 heterocycles. The fourth-order valence-electron chi connectivity index (χ4n) is 2.18. The Morgan fingerprint density at radius 1 is 0.643 bits per heavy atom. The van der Waals surface area contributed by atoms with Crippen LogP contribution in [0.5, 0.6) is 0 Å². The zero-order valence-corrected chi connectivity index (χ0v) is 28.9. The molecule has 0 atom stereocenters. The summed E-state index contributed by atoms with van der Waals surface area (Å²) in [6.07, 6.45) is 0. The van der Waals surface area contributed by atoms with E-state index in [0.717, 1.165) is 0 Å². The quantitative estimate of drug-likeness (QED) is 0.151. The van der Waals surface area contributed by atoms with Gasteiger partial charge < -0.3 is 0 Å². The molecule has 0 N–H and O–H groups in total. The van der Waals surface area contributed by atoms with Crippen molar-refractivity contribution in [1.82, 2.24) is 0 Å². The van der Waals surface area contributed by atoms with Crippen molar-refractivity contribution in [2.24, 2.45) is 0 Å². The van der Waals surface area contributed by atoms with Crippen LogP contribution in [0.15, 0.2) is 5.70 Å². The molecule has 28 heavy (non-hydrogen) atoms. The first kappa shape index (κ1) is 34.7. The van der Waals surface area contributed by atoms with Crippen molar-refractivity contribution < 1.29 is 13.2 Å². The molecule has 0 aromatic rings.